The van der Waals surface area contributed by atoms with Crippen molar-refractivity contribution in [2.75, 3.05) is 38.8 Å². The number of methoxy groups -OCH3 is 1. The smallest absolute Gasteiger partial charge is 0.0599 e. The fourth-order valence-corrected chi connectivity index (χ4v) is 2.44. The third kappa shape index (κ3) is 3.42. The van der Waals surface area contributed by atoms with Gasteiger partial charge < -0.3 is 10.5 Å². The number of hydrogen-bond acceptors (Lipinski definition) is 4. The molecule has 4 heteroatoms. The Morgan fingerprint density at radius 3 is 2.93 bits per heavy atom. The lowest BCUT2D eigenvalue weighted by molar-refractivity contribution is 0.0158. The molecule has 0 amide bonds. The first-order valence-electron chi connectivity index (χ1n) is 5.27. The normalized spacial score (nSPS) is 29.4. The predicted molar refractivity (Wildman–Crippen MR) is 62.8 cm³/mol. The molecule has 0 aromatic heterocycles. The van der Waals surface area contributed by atoms with Gasteiger partial charge in [-0.25, -0.2) is 0 Å². The summed E-state index contributed by atoms with van der Waals surface area (Å²) in [5.41, 5.74) is 5.78. The van der Waals surface area contributed by atoms with Gasteiger partial charge in [0.25, 0.3) is 0 Å². The molecule has 14 heavy (non-hydrogen) atoms. The lowest BCUT2D eigenvalue weighted by atomic mass is 9.99. The second-order valence-electron chi connectivity index (χ2n) is 3.80. The fraction of sp³-hybridized carbons (Fsp3) is 1.00. The lowest BCUT2D eigenvalue weighted by Gasteiger charge is -2.38. The highest BCUT2D eigenvalue weighted by atomic mass is 32.2. The fourth-order valence-electron chi connectivity index (χ4n) is 2.03. The highest BCUT2D eigenvalue weighted by Crippen LogP contribution is 2.19. The monoisotopic (exact) mass is 218 g/mol. The van der Waals surface area contributed by atoms with E-state index in [4.69, 9.17) is 10.5 Å². The highest BCUT2D eigenvalue weighted by Gasteiger charge is 2.26. The first-order chi connectivity index (χ1) is 6.81. The molecule has 2 unspecified atom stereocenters. The van der Waals surface area contributed by atoms with E-state index in [9.17, 15) is 0 Å². The molecule has 1 rings (SSSR count). The molecule has 2 N–H and O–H groups in total. The van der Waals surface area contributed by atoms with Crippen LogP contribution in [-0.4, -0.2) is 55.8 Å². The molecule has 1 fully saturated rings. The van der Waals surface area contributed by atoms with Crippen LogP contribution in [0.5, 0.6) is 0 Å². The minimum atomic E-state index is 0.425. The van der Waals surface area contributed by atoms with Gasteiger partial charge in [-0.3, -0.25) is 4.90 Å². The zero-order chi connectivity index (χ0) is 10.4. The molecule has 0 aromatic rings. The van der Waals surface area contributed by atoms with Crippen molar-refractivity contribution in [1.29, 1.82) is 0 Å². The van der Waals surface area contributed by atoms with Gasteiger partial charge in [-0.2, -0.15) is 11.8 Å². The molecule has 1 saturated heterocycles. The van der Waals surface area contributed by atoms with E-state index in [1.807, 2.05) is 11.8 Å². The summed E-state index contributed by atoms with van der Waals surface area (Å²) in [6.07, 6.45) is 4.83. The highest BCUT2D eigenvalue weighted by molar-refractivity contribution is 7.98. The van der Waals surface area contributed by atoms with Crippen molar-refractivity contribution in [3.63, 3.8) is 0 Å². The second-order valence-corrected chi connectivity index (χ2v) is 4.79. The van der Waals surface area contributed by atoms with Crippen molar-refractivity contribution in [3.8, 4) is 0 Å². The molecule has 0 aromatic carbocycles. The van der Waals surface area contributed by atoms with Gasteiger partial charge in [-0.05, 0) is 19.1 Å². The Bertz CT molecular complexity index is 157. The molecule has 1 aliphatic rings. The average Bonchev–Trinajstić information content (AvgIpc) is 2.26. The topological polar surface area (TPSA) is 38.5 Å². The summed E-state index contributed by atoms with van der Waals surface area (Å²) in [6.45, 7) is 3.06. The molecule has 0 aliphatic carbocycles. The largest absolute Gasteiger partial charge is 0.381 e. The third-order valence-corrected chi connectivity index (χ3v) is 3.57. The molecule has 0 saturated carbocycles. The molecular weight excluding hydrogens is 196 g/mol. The van der Waals surface area contributed by atoms with Crippen molar-refractivity contribution in [1.82, 2.24) is 4.90 Å². The summed E-state index contributed by atoms with van der Waals surface area (Å²) >= 11 is 1.90. The second kappa shape index (κ2) is 6.67. The van der Waals surface area contributed by atoms with E-state index in [2.05, 4.69) is 11.2 Å². The van der Waals surface area contributed by atoms with E-state index in [0.717, 1.165) is 25.9 Å². The van der Waals surface area contributed by atoms with Gasteiger partial charge in [-0.15, -0.1) is 0 Å². The molecule has 84 valence electrons. The Morgan fingerprint density at radius 2 is 2.36 bits per heavy atom. The summed E-state index contributed by atoms with van der Waals surface area (Å²) in [6, 6.07) is 0.529. The first-order valence-corrected chi connectivity index (χ1v) is 6.67. The van der Waals surface area contributed by atoms with Crippen molar-refractivity contribution in [2.45, 2.75) is 25.0 Å². The lowest BCUT2D eigenvalue weighted by Crippen LogP contribution is -2.49. The zero-order valence-electron chi connectivity index (χ0n) is 9.24. The summed E-state index contributed by atoms with van der Waals surface area (Å²) in [5, 5.41) is 0. The Kier molecular flexibility index (Phi) is 5.86. The number of likely N-dealkylation sites (tertiary alicyclic amines) is 1. The van der Waals surface area contributed by atoms with E-state index in [0.29, 0.717) is 12.1 Å². The van der Waals surface area contributed by atoms with Crippen LogP contribution < -0.4 is 5.73 Å². The van der Waals surface area contributed by atoms with E-state index < -0.39 is 0 Å². The number of nitrogens with two attached hydrogens (primary N) is 1. The van der Waals surface area contributed by atoms with Gasteiger partial charge in [0.1, 0.15) is 0 Å². The Hall–Kier alpha value is 0.230. The van der Waals surface area contributed by atoms with Gasteiger partial charge >= 0.3 is 0 Å². The van der Waals surface area contributed by atoms with Gasteiger partial charge in [0.15, 0.2) is 0 Å². The maximum atomic E-state index is 5.78. The van der Waals surface area contributed by atoms with E-state index in [1.54, 1.807) is 7.11 Å². The minimum absolute atomic E-state index is 0.425. The first kappa shape index (κ1) is 12.3. The zero-order valence-corrected chi connectivity index (χ0v) is 10.1. The number of hydrogen-bond donors (Lipinski definition) is 1. The van der Waals surface area contributed by atoms with Crippen LogP contribution in [0.1, 0.15) is 12.8 Å². The third-order valence-electron chi connectivity index (χ3n) is 2.98. The molecular formula is C10H22N2OS. The molecule has 1 heterocycles. The number of nitrogens with zero attached hydrogens (tertiary/aromatic N) is 1. The van der Waals surface area contributed by atoms with Gasteiger partial charge in [0.05, 0.1) is 6.10 Å². The molecule has 0 bridgehead atoms. The summed E-state index contributed by atoms with van der Waals surface area (Å²) < 4.78 is 5.39. The van der Waals surface area contributed by atoms with Gasteiger partial charge in [0, 0.05) is 38.5 Å². The van der Waals surface area contributed by atoms with Crippen molar-refractivity contribution in [2.24, 2.45) is 5.73 Å². The Balaban J connectivity index is 2.35. The number of thioether (sulfide) groups is 1. The molecule has 0 spiro atoms. The summed E-state index contributed by atoms with van der Waals surface area (Å²) in [4.78, 5) is 2.51. The SMILES string of the molecule is COC1CCN(CCSC)C(CN)C1. The number of piperidine rings is 1. The van der Waals surface area contributed by atoms with Crippen LogP contribution in [0.25, 0.3) is 0 Å². The van der Waals surface area contributed by atoms with Crippen LogP contribution in [0.4, 0.5) is 0 Å². The Labute approximate surface area is 91.4 Å². The molecule has 0 radical (unpaired) electrons. The van der Waals surface area contributed by atoms with Crippen LogP contribution in [-0.2, 0) is 4.74 Å². The maximum Gasteiger partial charge on any atom is 0.0599 e. The van der Waals surface area contributed by atoms with Gasteiger partial charge in [0.2, 0.25) is 0 Å². The molecule has 2 atom stereocenters. The van der Waals surface area contributed by atoms with Crippen molar-refractivity contribution < 1.29 is 4.74 Å². The quantitative estimate of drug-likeness (QED) is 0.740. The number of ether oxygens (including phenoxy) is 1. The van der Waals surface area contributed by atoms with Crippen LogP contribution >= 0.6 is 11.8 Å². The van der Waals surface area contributed by atoms with E-state index in [-0.39, 0.29) is 0 Å². The average molecular weight is 218 g/mol. The predicted octanol–water partition coefficient (Wildman–Crippen LogP) is 0.787. The van der Waals surface area contributed by atoms with Crippen LogP contribution in [0.3, 0.4) is 0 Å². The maximum absolute atomic E-state index is 5.78. The molecule has 1 aliphatic heterocycles. The molecule has 3 nitrogen and oxygen atoms in total. The van der Waals surface area contributed by atoms with E-state index >= 15 is 0 Å². The van der Waals surface area contributed by atoms with Crippen LogP contribution in [0, 0.1) is 0 Å². The summed E-state index contributed by atoms with van der Waals surface area (Å²) in [5.74, 6) is 1.20. The van der Waals surface area contributed by atoms with Gasteiger partial charge in [-0.1, -0.05) is 0 Å². The van der Waals surface area contributed by atoms with Crippen molar-refractivity contribution in [3.05, 3.63) is 0 Å². The van der Waals surface area contributed by atoms with E-state index in [1.165, 1.54) is 12.3 Å². The van der Waals surface area contributed by atoms with Crippen molar-refractivity contribution >= 4 is 11.8 Å². The summed E-state index contributed by atoms with van der Waals surface area (Å²) in [7, 11) is 1.80. The minimum Gasteiger partial charge on any atom is -0.381 e. The number of rotatable bonds is 5. The standard InChI is InChI=1S/C10H22N2OS/c1-13-10-3-4-12(5-6-14-2)9(7-10)8-11/h9-10H,3-8,11H2,1-2H3. The van der Waals surface area contributed by atoms with Crippen LogP contribution in [0.15, 0.2) is 0 Å². The van der Waals surface area contributed by atoms with Crippen LogP contribution in [0.2, 0.25) is 0 Å². The Morgan fingerprint density at radius 1 is 1.57 bits per heavy atom.